The Labute approximate surface area is 510 Å². The molecular formula is C64H89N7O16. The third-order valence-electron chi connectivity index (χ3n) is 11.5. The molecule has 3 aromatic rings. The second-order valence-corrected chi connectivity index (χ2v) is 27.0. The molecule has 0 fully saturated rings. The van der Waals surface area contributed by atoms with Gasteiger partial charge in [-0.1, -0.05) is 53.6 Å². The Morgan fingerprint density at radius 3 is 0.943 bits per heavy atom. The molecule has 0 bridgehead atoms. The molecule has 23 nitrogen and oxygen atoms in total. The number of carbonyl (C=O) groups is 10. The minimum atomic E-state index is -1.29. The molecular weight excluding hydrogens is 1120 g/mol. The van der Waals surface area contributed by atoms with E-state index in [1.807, 2.05) is 0 Å². The van der Waals surface area contributed by atoms with Gasteiger partial charge in [-0.05, 0) is 183 Å². The zero-order chi connectivity index (χ0) is 66.0. The van der Waals surface area contributed by atoms with Gasteiger partial charge in [0, 0.05) is 60.3 Å². The molecule has 87 heavy (non-hydrogen) atoms. The van der Waals surface area contributed by atoms with Gasteiger partial charge in [0.05, 0.1) is 0 Å². The summed E-state index contributed by atoms with van der Waals surface area (Å²) in [7, 11) is 0. The molecule has 3 aromatic carbocycles. The quantitative estimate of drug-likeness (QED) is 0.0153. The second kappa shape index (κ2) is 30.8. The summed E-state index contributed by atoms with van der Waals surface area (Å²) in [5, 5.41) is 14.0. The highest BCUT2D eigenvalue weighted by Crippen LogP contribution is 2.24. The van der Waals surface area contributed by atoms with Gasteiger partial charge in [0.2, 0.25) is 0 Å². The van der Waals surface area contributed by atoms with Crippen molar-refractivity contribution in [3.05, 3.63) is 111 Å². The summed E-state index contributed by atoms with van der Waals surface area (Å²) in [5.74, 6) is -5.16. The number of benzene rings is 3. The van der Waals surface area contributed by atoms with Crippen molar-refractivity contribution in [1.82, 2.24) is 21.3 Å². The molecule has 0 saturated carbocycles. The summed E-state index contributed by atoms with van der Waals surface area (Å²) in [5.41, 5.74) is 6.45. The number of esters is 6. The highest BCUT2D eigenvalue weighted by Gasteiger charge is 2.34. The molecule has 0 aliphatic heterocycles. The topological polar surface area (TPSA) is 323 Å². The number of hydrogen-bond donors (Lipinski definition) is 4. The van der Waals surface area contributed by atoms with Crippen molar-refractivity contribution in [2.75, 3.05) is 0 Å². The van der Waals surface area contributed by atoms with E-state index in [0.29, 0.717) is 22.3 Å². The second-order valence-electron chi connectivity index (χ2n) is 27.0. The predicted molar refractivity (Wildman–Crippen MR) is 324 cm³/mol. The van der Waals surface area contributed by atoms with Crippen molar-refractivity contribution in [3.8, 4) is 0 Å². The van der Waals surface area contributed by atoms with Crippen molar-refractivity contribution in [1.29, 1.82) is 0 Å². The number of ketones is 2. The SMILES string of the molecule is CC(C)(C)OC(=O)CC[C@H](NC(=O)N[C@@H](Cc1ccc(CC(=O)c2cc(N=[N+]=[N-])cc(C(=O)Cc3ccc(C[C@H](NC(=O)N[C@@H](CCC(=O)OC(C)(C)C)C(=O)OC(C)(C)C)C(=O)OC(C)(C)C)cc3)c2)cc1)C(=O)OC(C)(C)C)C(=O)OC(C)(C)C. The molecule has 0 saturated heterocycles. The van der Waals surface area contributed by atoms with E-state index in [4.69, 9.17) is 28.4 Å². The Morgan fingerprint density at radius 2 is 0.667 bits per heavy atom. The van der Waals surface area contributed by atoms with E-state index < -0.39 is 117 Å². The number of urea groups is 2. The monoisotopic (exact) mass is 1210 g/mol. The zero-order valence-electron chi connectivity index (χ0n) is 53.7. The van der Waals surface area contributed by atoms with Crippen LogP contribution in [-0.4, -0.2) is 117 Å². The number of ether oxygens (including phenoxy) is 6. The molecule has 0 heterocycles. The standard InChI is InChI=1S/C64H89N7O16/c1-59(2,3)82-51(74)29-27-45(53(76)84-61(7,8)9)66-57(80)68-47(55(78)86-63(13,14)15)31-38-19-23-40(24-20-38)33-49(72)42-35-43(37-44(36-42)70-71-65)50(73)34-41-25-21-39(22-26-41)32-48(56(79)87-64(16,17)18)69-58(81)67-46(54(77)85-62(10,11)12)28-30-52(75)83-60(4,5)6/h19-26,35-37,45-48H,27-34H2,1-18H3,(H2,66,68,80)(H2,67,69,81)/t45-,46-,47-,48-/m0/s1. The molecule has 0 unspecified atom stereocenters. The fourth-order valence-corrected chi connectivity index (χ4v) is 8.08. The maximum atomic E-state index is 13.9. The number of Topliss-reactive ketones (excluding diaryl/α,β-unsaturated/α-hetero) is 2. The highest BCUT2D eigenvalue weighted by molar-refractivity contribution is 6.04. The molecule has 23 heteroatoms. The van der Waals surface area contributed by atoms with Crippen molar-refractivity contribution in [2.45, 2.75) is 234 Å². The minimum Gasteiger partial charge on any atom is -0.460 e. The van der Waals surface area contributed by atoms with Gasteiger partial charge in [-0.15, -0.1) is 0 Å². The van der Waals surface area contributed by atoms with Gasteiger partial charge in [-0.3, -0.25) is 19.2 Å². The van der Waals surface area contributed by atoms with Crippen LogP contribution in [0.2, 0.25) is 0 Å². The van der Waals surface area contributed by atoms with Crippen LogP contribution in [0.3, 0.4) is 0 Å². The summed E-state index contributed by atoms with van der Waals surface area (Å²) in [4.78, 5) is 136. The van der Waals surface area contributed by atoms with Gasteiger partial charge < -0.3 is 49.7 Å². The Morgan fingerprint density at radius 1 is 0.402 bits per heavy atom. The predicted octanol–water partition coefficient (Wildman–Crippen LogP) is 10.2. The van der Waals surface area contributed by atoms with Gasteiger partial charge in [0.15, 0.2) is 11.6 Å². The number of nitrogens with one attached hydrogen (secondary N) is 4. The van der Waals surface area contributed by atoms with Gasteiger partial charge in [-0.25, -0.2) is 28.8 Å². The van der Waals surface area contributed by atoms with E-state index in [0.717, 1.165) is 0 Å². The lowest BCUT2D eigenvalue weighted by Crippen LogP contribution is -2.53. The van der Waals surface area contributed by atoms with Crippen LogP contribution >= 0.6 is 0 Å². The summed E-state index contributed by atoms with van der Waals surface area (Å²) in [6.07, 6.45) is -1.20. The highest BCUT2D eigenvalue weighted by atomic mass is 16.6. The largest absolute Gasteiger partial charge is 0.460 e. The summed E-state index contributed by atoms with van der Waals surface area (Å²) < 4.78 is 33.1. The van der Waals surface area contributed by atoms with Gasteiger partial charge >= 0.3 is 47.9 Å². The van der Waals surface area contributed by atoms with Crippen LogP contribution in [-0.2, 0) is 82.9 Å². The molecule has 4 amide bonds. The molecule has 0 aliphatic carbocycles. The molecule has 4 N–H and O–H groups in total. The average molecular weight is 1210 g/mol. The van der Waals surface area contributed by atoms with E-state index in [1.54, 1.807) is 173 Å². The Hall–Kier alpha value is -8.33. The van der Waals surface area contributed by atoms with Crippen molar-refractivity contribution < 1.29 is 76.4 Å². The number of hydrogen-bond acceptors (Lipinski definition) is 17. The molecule has 0 aromatic heterocycles. The number of carbonyl (C=O) groups excluding carboxylic acids is 10. The average Bonchev–Trinajstić information content (AvgIpc) is 1.95. The van der Waals surface area contributed by atoms with E-state index in [9.17, 15) is 53.5 Å². The summed E-state index contributed by atoms with van der Waals surface area (Å²) in [6.45, 7) is 30.1. The van der Waals surface area contributed by atoms with Crippen LogP contribution in [0, 0.1) is 0 Å². The van der Waals surface area contributed by atoms with E-state index >= 15 is 0 Å². The van der Waals surface area contributed by atoms with Crippen LogP contribution in [0.5, 0.6) is 0 Å². The fourth-order valence-electron chi connectivity index (χ4n) is 8.08. The van der Waals surface area contributed by atoms with Crippen molar-refractivity contribution >= 4 is 65.1 Å². The van der Waals surface area contributed by atoms with Crippen LogP contribution in [0.4, 0.5) is 15.3 Å². The molecule has 0 spiro atoms. The van der Waals surface area contributed by atoms with E-state index in [-0.39, 0.29) is 68.2 Å². The number of azide groups is 1. The lowest BCUT2D eigenvalue weighted by atomic mass is 9.95. The first kappa shape index (κ1) is 72.9. The minimum absolute atomic E-state index is 0.0211. The Kier molecular flexibility index (Phi) is 25.9. The van der Waals surface area contributed by atoms with Crippen LogP contribution in [0.15, 0.2) is 71.8 Å². The van der Waals surface area contributed by atoms with Gasteiger partial charge in [0.1, 0.15) is 57.8 Å². The molecule has 0 radical (unpaired) electrons. The lowest BCUT2D eigenvalue weighted by molar-refractivity contribution is -0.160. The van der Waals surface area contributed by atoms with E-state index in [1.165, 1.54) is 18.2 Å². The molecule has 476 valence electrons. The number of nitrogens with zero attached hydrogens (tertiary/aromatic N) is 3. The van der Waals surface area contributed by atoms with Gasteiger partial charge in [0.25, 0.3) is 0 Å². The van der Waals surface area contributed by atoms with E-state index in [2.05, 4.69) is 31.3 Å². The first-order valence-electron chi connectivity index (χ1n) is 28.8. The zero-order valence-corrected chi connectivity index (χ0v) is 53.7. The van der Waals surface area contributed by atoms with Crippen LogP contribution in [0.1, 0.15) is 193 Å². The summed E-state index contributed by atoms with van der Waals surface area (Å²) in [6, 6.07) is 10.5. The molecule has 0 aliphatic rings. The third kappa shape index (κ3) is 29.6. The van der Waals surface area contributed by atoms with Crippen molar-refractivity contribution in [2.24, 2.45) is 5.11 Å². The van der Waals surface area contributed by atoms with Crippen molar-refractivity contribution in [3.63, 3.8) is 0 Å². The maximum Gasteiger partial charge on any atom is 0.329 e. The first-order chi connectivity index (χ1) is 39.8. The normalized spacial score (nSPS) is 13.4. The summed E-state index contributed by atoms with van der Waals surface area (Å²) >= 11 is 0. The third-order valence-corrected chi connectivity index (χ3v) is 11.5. The lowest BCUT2D eigenvalue weighted by Gasteiger charge is -2.27. The molecule has 4 atom stereocenters. The number of rotatable bonds is 25. The maximum absolute atomic E-state index is 13.9. The van der Waals surface area contributed by atoms with Gasteiger partial charge in [-0.2, -0.15) is 0 Å². The Bertz CT molecular complexity index is 2810. The molecule has 3 rings (SSSR count). The smallest absolute Gasteiger partial charge is 0.329 e. The van der Waals surface area contributed by atoms with Crippen LogP contribution in [0.25, 0.3) is 10.4 Å². The fraction of sp³-hybridized carbons (Fsp3) is 0.562. The van der Waals surface area contributed by atoms with Crippen LogP contribution < -0.4 is 21.3 Å². The first-order valence-corrected chi connectivity index (χ1v) is 28.8. The Balaban J connectivity index is 1.81. The number of amides is 4.